The number of fused-ring (bicyclic) bond motifs is 1. The number of anilines is 1. The van der Waals surface area contributed by atoms with Crippen LogP contribution in [0.25, 0.3) is 0 Å². The molecule has 0 spiro atoms. The van der Waals surface area contributed by atoms with Crippen LogP contribution in [0.15, 0.2) is 24.5 Å². The second kappa shape index (κ2) is 7.33. The van der Waals surface area contributed by atoms with Crippen LogP contribution in [-0.2, 0) is 11.3 Å². The molecule has 1 aliphatic rings. The first-order valence-corrected chi connectivity index (χ1v) is 7.93. The van der Waals surface area contributed by atoms with Gasteiger partial charge in [0, 0.05) is 5.56 Å². The summed E-state index contributed by atoms with van der Waals surface area (Å²) in [7, 11) is 0. The van der Waals surface area contributed by atoms with Crippen molar-refractivity contribution in [2.75, 3.05) is 11.9 Å². The first kappa shape index (κ1) is 18.2. The molecule has 27 heavy (non-hydrogen) atoms. The van der Waals surface area contributed by atoms with Crippen LogP contribution in [0, 0.1) is 23.0 Å². The Balaban J connectivity index is 1.66. The van der Waals surface area contributed by atoms with E-state index in [0.29, 0.717) is 5.69 Å². The van der Waals surface area contributed by atoms with E-state index in [4.69, 9.17) is 5.26 Å². The minimum Gasteiger partial charge on any atom is -0.346 e. The van der Waals surface area contributed by atoms with Crippen molar-refractivity contribution in [3.8, 4) is 6.07 Å². The Hall–Kier alpha value is -3.61. The van der Waals surface area contributed by atoms with Crippen LogP contribution in [0.1, 0.15) is 29.9 Å². The highest BCUT2D eigenvalue weighted by molar-refractivity contribution is 5.94. The summed E-state index contributed by atoms with van der Waals surface area (Å²) in [6, 6.07) is 2.93. The summed E-state index contributed by atoms with van der Waals surface area (Å²) in [6.07, 6.45) is 2.65. The van der Waals surface area contributed by atoms with Crippen molar-refractivity contribution >= 4 is 17.6 Å². The number of halogens is 2. The van der Waals surface area contributed by atoms with Gasteiger partial charge in [-0.05, 0) is 19.1 Å². The Kier molecular flexibility index (Phi) is 4.94. The molecule has 0 fully saturated rings. The van der Waals surface area contributed by atoms with Crippen LogP contribution >= 0.6 is 0 Å². The topological polar surface area (TPSA) is 111 Å². The number of urea groups is 1. The first-order valence-electron chi connectivity index (χ1n) is 7.93. The van der Waals surface area contributed by atoms with Gasteiger partial charge >= 0.3 is 6.03 Å². The number of carbonyl (C=O) groups excluding carboxylic acids is 2. The van der Waals surface area contributed by atoms with Crippen LogP contribution < -0.4 is 10.6 Å². The van der Waals surface area contributed by atoms with Gasteiger partial charge in [-0.2, -0.15) is 5.26 Å². The number of hydrogen-bond donors (Lipinski definition) is 2. The number of benzene rings is 1. The van der Waals surface area contributed by atoms with Crippen molar-refractivity contribution in [2.45, 2.75) is 19.5 Å². The lowest BCUT2D eigenvalue weighted by Gasteiger charge is -2.29. The molecule has 0 saturated carbocycles. The number of nitrogens with zero attached hydrogens (tertiary/aromatic N) is 4. The number of rotatable bonds is 4. The van der Waals surface area contributed by atoms with Gasteiger partial charge in [0.1, 0.15) is 12.6 Å². The number of amides is 3. The molecule has 2 aromatic rings. The molecule has 1 aromatic carbocycles. The fourth-order valence-electron chi connectivity index (χ4n) is 2.60. The van der Waals surface area contributed by atoms with Gasteiger partial charge in [0.05, 0.1) is 36.4 Å². The van der Waals surface area contributed by atoms with Crippen LogP contribution in [0.5, 0.6) is 0 Å². The predicted octanol–water partition coefficient (Wildman–Crippen LogP) is 1.85. The fourth-order valence-corrected chi connectivity index (χ4v) is 2.60. The van der Waals surface area contributed by atoms with Gasteiger partial charge in [0.25, 0.3) is 0 Å². The summed E-state index contributed by atoms with van der Waals surface area (Å²) >= 11 is 0. The number of aromatic nitrogens is 2. The summed E-state index contributed by atoms with van der Waals surface area (Å²) in [5, 5.41) is 13.8. The third-order valence-corrected chi connectivity index (χ3v) is 4.02. The van der Waals surface area contributed by atoms with Crippen molar-refractivity contribution in [3.05, 3.63) is 53.1 Å². The minimum atomic E-state index is -1.06. The maximum absolute atomic E-state index is 13.9. The lowest BCUT2D eigenvalue weighted by molar-refractivity contribution is -0.122. The van der Waals surface area contributed by atoms with E-state index in [-0.39, 0.29) is 30.0 Å². The molecule has 10 heteroatoms. The molecule has 0 unspecified atom stereocenters. The van der Waals surface area contributed by atoms with Crippen LogP contribution in [-0.4, -0.2) is 33.4 Å². The summed E-state index contributed by atoms with van der Waals surface area (Å²) < 4.78 is 27.3. The van der Waals surface area contributed by atoms with Crippen LogP contribution in [0.4, 0.5) is 19.3 Å². The smallest absolute Gasteiger partial charge is 0.322 e. The number of carbonyl (C=O) groups is 2. The molecule has 1 aromatic heterocycles. The Morgan fingerprint density at radius 2 is 2.19 bits per heavy atom. The van der Waals surface area contributed by atoms with E-state index in [1.165, 1.54) is 18.5 Å². The highest BCUT2D eigenvalue weighted by Gasteiger charge is 2.28. The zero-order valence-corrected chi connectivity index (χ0v) is 14.2. The van der Waals surface area contributed by atoms with Crippen molar-refractivity contribution < 1.29 is 18.4 Å². The Morgan fingerprint density at radius 1 is 1.41 bits per heavy atom. The summed E-state index contributed by atoms with van der Waals surface area (Å²) in [4.78, 5) is 33.3. The van der Waals surface area contributed by atoms with Gasteiger partial charge in [-0.1, -0.05) is 0 Å². The molecule has 0 radical (unpaired) electrons. The van der Waals surface area contributed by atoms with E-state index in [9.17, 15) is 18.4 Å². The quantitative estimate of drug-likeness (QED) is 0.851. The Bertz CT molecular complexity index is 942. The van der Waals surface area contributed by atoms with E-state index in [1.54, 1.807) is 6.92 Å². The van der Waals surface area contributed by atoms with E-state index in [2.05, 4.69) is 20.6 Å². The molecule has 8 nitrogen and oxygen atoms in total. The standard InChI is InChI=1S/C17H14F2N6O2/c1-9(14-6-21-10(4-20)5-22-14)23-15(26)8-25-7-11-13(24-17(25)27)3-2-12(18)16(11)19/h2-3,5-6,9H,7-8H2,1H3,(H,23,26)(H,24,27)/t9-/m1/s1. The van der Waals surface area contributed by atoms with Crippen molar-refractivity contribution in [2.24, 2.45) is 0 Å². The van der Waals surface area contributed by atoms with Crippen molar-refractivity contribution in [3.63, 3.8) is 0 Å². The second-order valence-corrected chi connectivity index (χ2v) is 5.90. The molecule has 1 aliphatic heterocycles. The molecule has 3 rings (SSSR count). The molecule has 138 valence electrons. The Labute approximate surface area is 152 Å². The van der Waals surface area contributed by atoms with Crippen molar-refractivity contribution in [1.29, 1.82) is 5.26 Å². The first-order chi connectivity index (χ1) is 12.9. The summed E-state index contributed by atoms with van der Waals surface area (Å²) in [6.45, 7) is 1.08. The van der Waals surface area contributed by atoms with E-state index >= 15 is 0 Å². The van der Waals surface area contributed by atoms with E-state index < -0.39 is 29.6 Å². The SMILES string of the molecule is C[C@@H](NC(=O)CN1Cc2c(ccc(F)c2F)NC1=O)c1cnc(C#N)cn1. The zero-order chi connectivity index (χ0) is 19.6. The van der Waals surface area contributed by atoms with Gasteiger partial charge in [0.2, 0.25) is 5.91 Å². The lowest BCUT2D eigenvalue weighted by atomic mass is 10.1. The van der Waals surface area contributed by atoms with Crippen LogP contribution in [0.3, 0.4) is 0 Å². The number of nitrogens with one attached hydrogen (secondary N) is 2. The molecular weight excluding hydrogens is 358 g/mol. The largest absolute Gasteiger partial charge is 0.346 e. The second-order valence-electron chi connectivity index (χ2n) is 5.90. The van der Waals surface area contributed by atoms with Crippen molar-refractivity contribution in [1.82, 2.24) is 20.2 Å². The van der Waals surface area contributed by atoms with Gasteiger partial charge in [-0.25, -0.2) is 18.6 Å². The Morgan fingerprint density at radius 3 is 2.85 bits per heavy atom. The zero-order valence-electron chi connectivity index (χ0n) is 14.2. The van der Waals surface area contributed by atoms with Gasteiger partial charge in [0.15, 0.2) is 17.3 Å². The minimum absolute atomic E-state index is 0.0200. The molecule has 0 aliphatic carbocycles. The summed E-state index contributed by atoms with van der Waals surface area (Å²) in [5.74, 6) is -2.59. The number of nitriles is 1. The molecule has 1 atom stereocenters. The normalized spacial score (nSPS) is 14.0. The third-order valence-electron chi connectivity index (χ3n) is 4.02. The maximum atomic E-state index is 13.9. The van der Waals surface area contributed by atoms with Gasteiger partial charge in [-0.3, -0.25) is 9.78 Å². The fraction of sp³-hybridized carbons (Fsp3) is 0.235. The molecule has 0 bridgehead atoms. The van der Waals surface area contributed by atoms with Gasteiger partial charge in [-0.15, -0.1) is 0 Å². The predicted molar refractivity (Wildman–Crippen MR) is 89.1 cm³/mol. The molecule has 3 amide bonds. The van der Waals surface area contributed by atoms with Crippen LogP contribution in [0.2, 0.25) is 0 Å². The average Bonchev–Trinajstić information content (AvgIpc) is 2.66. The monoisotopic (exact) mass is 372 g/mol. The molecular formula is C17H14F2N6O2. The lowest BCUT2D eigenvalue weighted by Crippen LogP contribution is -2.45. The molecule has 2 heterocycles. The highest BCUT2D eigenvalue weighted by atomic mass is 19.2. The highest BCUT2D eigenvalue weighted by Crippen LogP contribution is 2.27. The molecule has 0 saturated heterocycles. The van der Waals surface area contributed by atoms with Gasteiger partial charge < -0.3 is 15.5 Å². The average molecular weight is 372 g/mol. The summed E-state index contributed by atoms with van der Waals surface area (Å²) in [5.41, 5.74) is 0.740. The van der Waals surface area contributed by atoms with E-state index in [1.807, 2.05) is 6.07 Å². The molecule has 2 N–H and O–H groups in total. The maximum Gasteiger partial charge on any atom is 0.322 e. The van der Waals surface area contributed by atoms with E-state index in [0.717, 1.165) is 11.0 Å². The number of hydrogen-bond acceptors (Lipinski definition) is 5. The third kappa shape index (κ3) is 3.82.